The number of nitrogens with zero attached hydrogens (tertiary/aromatic N) is 1. The smallest absolute Gasteiger partial charge is 0.251 e. The molecular formula is C10H19NO2. The van der Waals surface area contributed by atoms with Crippen molar-refractivity contribution in [2.45, 2.75) is 39.2 Å². The lowest BCUT2D eigenvalue weighted by atomic mass is 10.1. The molecule has 3 heteroatoms. The van der Waals surface area contributed by atoms with Crippen LogP contribution in [-0.4, -0.2) is 36.6 Å². The SMILES string of the molecule is CCN(CC)C(=O)C1CCCCO1. The fourth-order valence-corrected chi connectivity index (χ4v) is 1.67. The monoisotopic (exact) mass is 185 g/mol. The van der Waals surface area contributed by atoms with Crippen molar-refractivity contribution < 1.29 is 9.53 Å². The summed E-state index contributed by atoms with van der Waals surface area (Å²) in [4.78, 5) is 13.6. The van der Waals surface area contributed by atoms with E-state index in [0.717, 1.165) is 39.0 Å². The highest BCUT2D eigenvalue weighted by Crippen LogP contribution is 2.14. The standard InChI is InChI=1S/C10H19NO2/c1-3-11(4-2)10(12)9-7-5-6-8-13-9/h9H,3-8H2,1-2H3. The molecule has 1 heterocycles. The van der Waals surface area contributed by atoms with Gasteiger partial charge < -0.3 is 9.64 Å². The summed E-state index contributed by atoms with van der Waals surface area (Å²) in [5.74, 6) is 0.171. The lowest BCUT2D eigenvalue weighted by Gasteiger charge is -2.27. The summed E-state index contributed by atoms with van der Waals surface area (Å²) in [6.07, 6.45) is 2.96. The molecule has 1 amide bonds. The molecule has 1 atom stereocenters. The number of carbonyl (C=O) groups excluding carboxylic acids is 1. The van der Waals surface area contributed by atoms with Crippen LogP contribution in [0.25, 0.3) is 0 Å². The van der Waals surface area contributed by atoms with Crippen LogP contribution in [0.2, 0.25) is 0 Å². The molecule has 1 aliphatic rings. The van der Waals surface area contributed by atoms with Crippen molar-refractivity contribution in [2.24, 2.45) is 0 Å². The van der Waals surface area contributed by atoms with Gasteiger partial charge in [0.05, 0.1) is 0 Å². The third kappa shape index (κ3) is 2.69. The number of carbonyl (C=O) groups is 1. The first-order valence-electron chi connectivity index (χ1n) is 5.20. The van der Waals surface area contributed by atoms with Gasteiger partial charge in [0.1, 0.15) is 6.10 Å². The van der Waals surface area contributed by atoms with E-state index in [9.17, 15) is 4.79 Å². The van der Waals surface area contributed by atoms with Crippen molar-refractivity contribution in [3.8, 4) is 0 Å². The lowest BCUT2D eigenvalue weighted by Crippen LogP contribution is -2.41. The molecule has 0 spiro atoms. The molecule has 0 aromatic carbocycles. The van der Waals surface area contributed by atoms with Gasteiger partial charge in [-0.05, 0) is 33.1 Å². The summed E-state index contributed by atoms with van der Waals surface area (Å²) in [6, 6.07) is 0. The zero-order valence-corrected chi connectivity index (χ0v) is 8.58. The minimum absolute atomic E-state index is 0.159. The van der Waals surface area contributed by atoms with Gasteiger partial charge in [-0.15, -0.1) is 0 Å². The van der Waals surface area contributed by atoms with Gasteiger partial charge in [-0.1, -0.05) is 0 Å². The van der Waals surface area contributed by atoms with Crippen molar-refractivity contribution >= 4 is 5.91 Å². The third-order valence-electron chi connectivity index (χ3n) is 2.53. The van der Waals surface area contributed by atoms with Gasteiger partial charge in [0.15, 0.2) is 0 Å². The first-order valence-corrected chi connectivity index (χ1v) is 5.20. The van der Waals surface area contributed by atoms with E-state index in [1.165, 1.54) is 0 Å². The zero-order valence-electron chi connectivity index (χ0n) is 8.58. The molecule has 0 aromatic rings. The predicted molar refractivity (Wildman–Crippen MR) is 51.5 cm³/mol. The third-order valence-corrected chi connectivity index (χ3v) is 2.53. The average molecular weight is 185 g/mol. The number of rotatable bonds is 3. The second kappa shape index (κ2) is 5.22. The summed E-state index contributed by atoms with van der Waals surface area (Å²) >= 11 is 0. The van der Waals surface area contributed by atoms with Crippen LogP contribution in [0, 0.1) is 0 Å². The van der Waals surface area contributed by atoms with Crippen LogP contribution < -0.4 is 0 Å². The van der Waals surface area contributed by atoms with E-state index in [1.807, 2.05) is 18.7 Å². The molecule has 13 heavy (non-hydrogen) atoms. The molecule has 1 unspecified atom stereocenters. The van der Waals surface area contributed by atoms with Gasteiger partial charge in [-0.3, -0.25) is 4.79 Å². The van der Waals surface area contributed by atoms with E-state index >= 15 is 0 Å². The lowest BCUT2D eigenvalue weighted by molar-refractivity contribution is -0.146. The first-order chi connectivity index (χ1) is 6.29. The van der Waals surface area contributed by atoms with Crippen LogP contribution >= 0.6 is 0 Å². The maximum atomic E-state index is 11.8. The Morgan fingerprint density at radius 2 is 2.08 bits per heavy atom. The van der Waals surface area contributed by atoms with Crippen molar-refractivity contribution in [3.63, 3.8) is 0 Å². The van der Waals surface area contributed by atoms with Crippen LogP contribution in [0.1, 0.15) is 33.1 Å². The Labute approximate surface area is 80.1 Å². The Hall–Kier alpha value is -0.570. The molecular weight excluding hydrogens is 166 g/mol. The number of hydrogen-bond acceptors (Lipinski definition) is 2. The number of ether oxygens (including phenoxy) is 1. The highest BCUT2D eigenvalue weighted by atomic mass is 16.5. The molecule has 1 aliphatic heterocycles. The molecule has 0 aromatic heterocycles. The van der Waals surface area contributed by atoms with Crippen molar-refractivity contribution in [2.75, 3.05) is 19.7 Å². The van der Waals surface area contributed by atoms with Gasteiger partial charge in [0.2, 0.25) is 0 Å². The second-order valence-electron chi connectivity index (χ2n) is 3.37. The van der Waals surface area contributed by atoms with E-state index in [2.05, 4.69) is 0 Å². The van der Waals surface area contributed by atoms with E-state index in [1.54, 1.807) is 0 Å². The van der Waals surface area contributed by atoms with Gasteiger partial charge >= 0.3 is 0 Å². The van der Waals surface area contributed by atoms with Crippen LogP contribution in [0.5, 0.6) is 0 Å². The van der Waals surface area contributed by atoms with Crippen molar-refractivity contribution in [3.05, 3.63) is 0 Å². The Morgan fingerprint density at radius 1 is 1.38 bits per heavy atom. The summed E-state index contributed by atoms with van der Waals surface area (Å²) in [6.45, 7) is 6.33. The molecule has 0 N–H and O–H groups in total. The zero-order chi connectivity index (χ0) is 9.68. The molecule has 1 saturated heterocycles. The molecule has 1 fully saturated rings. The Balaban J connectivity index is 2.44. The first kappa shape index (κ1) is 10.5. The van der Waals surface area contributed by atoms with Gasteiger partial charge in [0.25, 0.3) is 5.91 Å². The topological polar surface area (TPSA) is 29.5 Å². The fourth-order valence-electron chi connectivity index (χ4n) is 1.67. The van der Waals surface area contributed by atoms with Crippen LogP contribution in [-0.2, 0) is 9.53 Å². The highest BCUT2D eigenvalue weighted by molar-refractivity contribution is 5.80. The minimum atomic E-state index is -0.159. The number of hydrogen-bond donors (Lipinski definition) is 0. The predicted octanol–water partition coefficient (Wildman–Crippen LogP) is 1.42. The Kier molecular flexibility index (Phi) is 4.22. The summed E-state index contributed by atoms with van der Waals surface area (Å²) < 4.78 is 5.43. The normalized spacial score (nSPS) is 22.8. The van der Waals surface area contributed by atoms with Crippen LogP contribution in [0.4, 0.5) is 0 Å². The largest absolute Gasteiger partial charge is 0.368 e. The maximum absolute atomic E-state index is 11.8. The van der Waals surface area contributed by atoms with Gasteiger partial charge in [-0.2, -0.15) is 0 Å². The second-order valence-corrected chi connectivity index (χ2v) is 3.37. The van der Waals surface area contributed by atoms with E-state index in [-0.39, 0.29) is 12.0 Å². The fraction of sp³-hybridized carbons (Fsp3) is 0.900. The van der Waals surface area contributed by atoms with E-state index < -0.39 is 0 Å². The van der Waals surface area contributed by atoms with Gasteiger partial charge in [0, 0.05) is 19.7 Å². The molecule has 0 saturated carbocycles. The number of amides is 1. The maximum Gasteiger partial charge on any atom is 0.251 e. The van der Waals surface area contributed by atoms with Crippen molar-refractivity contribution in [1.82, 2.24) is 4.90 Å². The van der Waals surface area contributed by atoms with Crippen molar-refractivity contribution in [1.29, 1.82) is 0 Å². The summed E-state index contributed by atoms with van der Waals surface area (Å²) in [5, 5.41) is 0. The molecule has 0 bridgehead atoms. The summed E-state index contributed by atoms with van der Waals surface area (Å²) in [5.41, 5.74) is 0. The Bertz CT molecular complexity index is 160. The molecule has 0 radical (unpaired) electrons. The molecule has 3 nitrogen and oxygen atoms in total. The highest BCUT2D eigenvalue weighted by Gasteiger charge is 2.24. The summed E-state index contributed by atoms with van der Waals surface area (Å²) in [7, 11) is 0. The Morgan fingerprint density at radius 3 is 2.54 bits per heavy atom. The van der Waals surface area contributed by atoms with Crippen LogP contribution in [0.15, 0.2) is 0 Å². The van der Waals surface area contributed by atoms with E-state index in [4.69, 9.17) is 4.74 Å². The molecule has 1 rings (SSSR count). The average Bonchev–Trinajstić information content (AvgIpc) is 2.21. The minimum Gasteiger partial charge on any atom is -0.368 e. The van der Waals surface area contributed by atoms with E-state index in [0.29, 0.717) is 0 Å². The molecule has 0 aliphatic carbocycles. The quantitative estimate of drug-likeness (QED) is 0.665. The van der Waals surface area contributed by atoms with Crippen LogP contribution in [0.3, 0.4) is 0 Å². The molecule has 76 valence electrons. The van der Waals surface area contributed by atoms with Gasteiger partial charge in [-0.25, -0.2) is 0 Å². The number of likely N-dealkylation sites (N-methyl/N-ethyl adjacent to an activating group) is 1.